The number of nitrogens with zero attached hydrogens (tertiary/aromatic N) is 7. The third-order valence-corrected chi connectivity index (χ3v) is 5.98. The number of amides is 1. The molecule has 0 saturated carbocycles. The summed E-state index contributed by atoms with van der Waals surface area (Å²) >= 11 is 1.32. The third-order valence-electron chi connectivity index (χ3n) is 5.28. The van der Waals surface area contributed by atoms with E-state index in [0.29, 0.717) is 36.8 Å². The van der Waals surface area contributed by atoms with Crippen molar-refractivity contribution in [2.75, 3.05) is 24.5 Å². The molecular weight excluding hydrogens is 392 g/mol. The number of carbonyl (C=O) groups excluding carboxylic acids is 1. The molecule has 1 fully saturated rings. The second kappa shape index (κ2) is 7.22. The zero-order chi connectivity index (χ0) is 20.0. The molecule has 2 aliphatic rings. The van der Waals surface area contributed by atoms with E-state index in [0.717, 1.165) is 24.0 Å². The molecule has 146 valence electrons. The van der Waals surface area contributed by atoms with Crippen molar-refractivity contribution in [1.29, 1.82) is 0 Å². The van der Waals surface area contributed by atoms with E-state index in [1.165, 1.54) is 42.6 Å². The zero-order valence-corrected chi connectivity index (χ0v) is 16.4. The van der Waals surface area contributed by atoms with E-state index in [2.05, 4.69) is 24.5 Å². The van der Waals surface area contributed by atoms with Crippen LogP contribution in [0.3, 0.4) is 0 Å². The Morgan fingerprint density at radius 1 is 1.14 bits per heavy atom. The standard InChI is InChI=1S/C18H17BFN7OS/c19-12-9-11(3-4-13(12)20)17(28)26-7-8-27-14(10-26)22-23-15(27)16-21-18(24-29-16)25-5-1-2-6-25/h3-4,9H,1-2,5-8,10H2. The number of rotatable bonds is 3. The molecule has 2 aliphatic heterocycles. The molecule has 2 aromatic heterocycles. The first-order chi connectivity index (χ1) is 14.1. The first-order valence-electron chi connectivity index (χ1n) is 9.45. The molecule has 1 amide bonds. The van der Waals surface area contributed by atoms with E-state index < -0.39 is 5.82 Å². The zero-order valence-electron chi connectivity index (χ0n) is 15.6. The van der Waals surface area contributed by atoms with Crippen LogP contribution in [0.25, 0.3) is 10.8 Å². The number of fused-ring (bicyclic) bond motifs is 1. The maximum Gasteiger partial charge on any atom is 0.254 e. The highest BCUT2D eigenvalue weighted by Gasteiger charge is 2.27. The fourth-order valence-electron chi connectivity index (χ4n) is 3.70. The van der Waals surface area contributed by atoms with Gasteiger partial charge in [-0.3, -0.25) is 4.79 Å². The molecule has 1 aromatic carbocycles. The van der Waals surface area contributed by atoms with Gasteiger partial charge in [0, 0.05) is 31.7 Å². The molecule has 8 nitrogen and oxygen atoms in total. The summed E-state index contributed by atoms with van der Waals surface area (Å²) in [6, 6.07) is 4.02. The van der Waals surface area contributed by atoms with Crippen molar-refractivity contribution in [3.05, 3.63) is 35.4 Å². The smallest absolute Gasteiger partial charge is 0.254 e. The molecule has 11 heteroatoms. The number of hydrogen-bond donors (Lipinski definition) is 0. The first kappa shape index (κ1) is 18.2. The average molecular weight is 409 g/mol. The summed E-state index contributed by atoms with van der Waals surface area (Å²) in [4.78, 5) is 21.3. The van der Waals surface area contributed by atoms with Crippen LogP contribution in [0.15, 0.2) is 18.2 Å². The maximum atomic E-state index is 13.4. The molecule has 29 heavy (non-hydrogen) atoms. The van der Waals surface area contributed by atoms with Crippen molar-refractivity contribution in [1.82, 2.24) is 29.0 Å². The van der Waals surface area contributed by atoms with Gasteiger partial charge in [-0.25, -0.2) is 4.39 Å². The molecule has 5 rings (SSSR count). The van der Waals surface area contributed by atoms with Gasteiger partial charge in [0.15, 0.2) is 16.7 Å². The van der Waals surface area contributed by atoms with E-state index in [9.17, 15) is 9.18 Å². The molecular formula is C18H17BFN7OS. The second-order valence-corrected chi connectivity index (χ2v) is 7.90. The number of carbonyl (C=O) groups is 1. The minimum atomic E-state index is -0.532. The molecule has 0 spiro atoms. The van der Waals surface area contributed by atoms with Gasteiger partial charge in [0.05, 0.1) is 6.54 Å². The number of benzene rings is 1. The molecule has 2 radical (unpaired) electrons. The molecule has 0 N–H and O–H groups in total. The monoisotopic (exact) mass is 409 g/mol. The molecule has 0 bridgehead atoms. The van der Waals surface area contributed by atoms with Crippen LogP contribution in [-0.4, -0.2) is 62.4 Å². The van der Waals surface area contributed by atoms with Gasteiger partial charge in [0.1, 0.15) is 13.7 Å². The van der Waals surface area contributed by atoms with Gasteiger partial charge in [0.2, 0.25) is 5.95 Å². The van der Waals surface area contributed by atoms with Crippen molar-refractivity contribution < 1.29 is 9.18 Å². The summed E-state index contributed by atoms with van der Waals surface area (Å²) in [6.45, 7) is 3.34. The fraction of sp³-hybridized carbons (Fsp3) is 0.389. The van der Waals surface area contributed by atoms with Gasteiger partial charge in [-0.15, -0.1) is 10.2 Å². The summed E-state index contributed by atoms with van der Waals surface area (Å²) < 4.78 is 19.8. The molecule has 0 unspecified atom stereocenters. The quantitative estimate of drug-likeness (QED) is 0.601. The van der Waals surface area contributed by atoms with Gasteiger partial charge in [-0.1, -0.05) is 11.5 Å². The van der Waals surface area contributed by atoms with E-state index in [4.69, 9.17) is 7.85 Å². The van der Waals surface area contributed by atoms with Crippen LogP contribution in [0.4, 0.5) is 10.3 Å². The first-order valence-corrected chi connectivity index (χ1v) is 10.2. The summed E-state index contributed by atoms with van der Waals surface area (Å²) in [5.41, 5.74) is 0.319. The fourth-order valence-corrected chi connectivity index (χ4v) is 4.38. The number of anilines is 1. The summed E-state index contributed by atoms with van der Waals surface area (Å²) in [7, 11) is 5.59. The van der Waals surface area contributed by atoms with Crippen LogP contribution >= 0.6 is 11.5 Å². The van der Waals surface area contributed by atoms with Crippen molar-refractivity contribution >= 4 is 36.7 Å². The minimum Gasteiger partial charge on any atom is -0.340 e. The average Bonchev–Trinajstić information content (AvgIpc) is 3.48. The number of halogens is 1. The van der Waals surface area contributed by atoms with Crippen LogP contribution in [-0.2, 0) is 13.1 Å². The van der Waals surface area contributed by atoms with Gasteiger partial charge in [-0.05, 0) is 36.5 Å². The largest absolute Gasteiger partial charge is 0.340 e. The van der Waals surface area contributed by atoms with Crippen LogP contribution in [0.5, 0.6) is 0 Å². The van der Waals surface area contributed by atoms with Gasteiger partial charge >= 0.3 is 0 Å². The molecule has 1 saturated heterocycles. The lowest BCUT2D eigenvalue weighted by Crippen LogP contribution is -2.38. The van der Waals surface area contributed by atoms with E-state index >= 15 is 0 Å². The van der Waals surface area contributed by atoms with Gasteiger partial charge in [0.25, 0.3) is 5.91 Å². The Morgan fingerprint density at radius 3 is 2.76 bits per heavy atom. The summed E-state index contributed by atoms with van der Waals surface area (Å²) in [5.74, 6) is 1.38. The van der Waals surface area contributed by atoms with Crippen LogP contribution in [0.1, 0.15) is 29.0 Å². The predicted molar refractivity (Wildman–Crippen MR) is 107 cm³/mol. The number of hydrogen-bond acceptors (Lipinski definition) is 7. The highest BCUT2D eigenvalue weighted by atomic mass is 32.1. The Bertz CT molecular complexity index is 1080. The van der Waals surface area contributed by atoms with E-state index in [1.807, 2.05) is 4.57 Å². The lowest BCUT2D eigenvalue weighted by molar-refractivity contribution is 0.0708. The van der Waals surface area contributed by atoms with Crippen molar-refractivity contribution in [2.24, 2.45) is 0 Å². The molecule has 4 heterocycles. The second-order valence-electron chi connectivity index (χ2n) is 7.15. The Labute approximate surface area is 171 Å². The van der Waals surface area contributed by atoms with Crippen molar-refractivity contribution in [2.45, 2.75) is 25.9 Å². The third kappa shape index (κ3) is 3.29. The molecule has 0 aliphatic carbocycles. The number of aromatic nitrogens is 5. The highest BCUT2D eigenvalue weighted by molar-refractivity contribution is 7.09. The van der Waals surface area contributed by atoms with E-state index in [-0.39, 0.29) is 11.4 Å². The topological polar surface area (TPSA) is 80.0 Å². The Kier molecular flexibility index (Phi) is 4.54. The molecule has 0 atom stereocenters. The van der Waals surface area contributed by atoms with E-state index in [1.54, 1.807) is 4.90 Å². The van der Waals surface area contributed by atoms with Crippen molar-refractivity contribution in [3.63, 3.8) is 0 Å². The van der Waals surface area contributed by atoms with Crippen LogP contribution < -0.4 is 10.4 Å². The maximum absolute atomic E-state index is 13.4. The lowest BCUT2D eigenvalue weighted by atomic mass is 9.93. The lowest BCUT2D eigenvalue weighted by Gasteiger charge is -2.27. The van der Waals surface area contributed by atoms with Gasteiger partial charge in [-0.2, -0.15) is 9.36 Å². The SMILES string of the molecule is [B]c1cc(C(=O)N2CCn3c(nnc3-c3nc(N4CCCC4)ns3)C2)ccc1F. The minimum absolute atomic E-state index is 0.0385. The molecule has 3 aromatic rings. The Hall–Kier alpha value is -2.82. The predicted octanol–water partition coefficient (Wildman–Crippen LogP) is 0.986. The summed E-state index contributed by atoms with van der Waals surface area (Å²) in [6.07, 6.45) is 2.33. The highest BCUT2D eigenvalue weighted by Crippen LogP contribution is 2.27. The Morgan fingerprint density at radius 2 is 1.97 bits per heavy atom. The Balaban J connectivity index is 1.35. The normalized spacial score (nSPS) is 16.3. The summed E-state index contributed by atoms with van der Waals surface area (Å²) in [5, 5.41) is 9.29. The van der Waals surface area contributed by atoms with Gasteiger partial charge < -0.3 is 14.4 Å². The van der Waals surface area contributed by atoms with Crippen molar-refractivity contribution in [3.8, 4) is 10.8 Å². The van der Waals surface area contributed by atoms with Crippen LogP contribution in [0, 0.1) is 5.82 Å². The van der Waals surface area contributed by atoms with Crippen LogP contribution in [0.2, 0.25) is 0 Å².